The quantitative estimate of drug-likeness (QED) is 0.734. The van der Waals surface area contributed by atoms with E-state index in [9.17, 15) is 9.50 Å². The summed E-state index contributed by atoms with van der Waals surface area (Å²) in [5.41, 5.74) is 2.44. The van der Waals surface area contributed by atoms with Crippen molar-refractivity contribution < 1.29 is 9.50 Å². The van der Waals surface area contributed by atoms with Gasteiger partial charge in [-0.2, -0.15) is 0 Å². The molecule has 0 unspecified atom stereocenters. The van der Waals surface area contributed by atoms with Crippen LogP contribution in [-0.2, 0) is 5.41 Å². The first kappa shape index (κ1) is 13.3. The fourth-order valence-electron chi connectivity index (χ4n) is 3.30. The fourth-order valence-corrected chi connectivity index (χ4v) is 3.30. The molecule has 1 aromatic carbocycles. The average molecular weight is 248 g/mol. The number of rotatable bonds is 0. The standard InChI is InChI=1S/C15H17FO.CH4/c16-12-3-4-14-11(10-12)2-1-7-15(14)8-5-13(17)6-9-15;/h1-4,10,13,17H,5-9H2;1H4. The van der Waals surface area contributed by atoms with Crippen molar-refractivity contribution in [3.63, 3.8) is 0 Å². The molecule has 0 amide bonds. The molecule has 1 N–H and O–H groups in total. The molecule has 0 saturated heterocycles. The zero-order valence-corrected chi connectivity index (χ0v) is 9.82. The van der Waals surface area contributed by atoms with Gasteiger partial charge in [0.2, 0.25) is 0 Å². The Morgan fingerprint density at radius 1 is 1.22 bits per heavy atom. The van der Waals surface area contributed by atoms with Crippen LogP contribution < -0.4 is 0 Å². The Morgan fingerprint density at radius 3 is 2.67 bits per heavy atom. The molecule has 3 rings (SSSR count). The normalized spacial score (nSPS) is 29.8. The smallest absolute Gasteiger partial charge is 0.123 e. The van der Waals surface area contributed by atoms with E-state index in [0.717, 1.165) is 37.7 Å². The minimum Gasteiger partial charge on any atom is -0.393 e. The summed E-state index contributed by atoms with van der Waals surface area (Å²) in [5, 5.41) is 9.64. The molecule has 1 spiro atoms. The van der Waals surface area contributed by atoms with Crippen molar-refractivity contribution >= 4 is 6.08 Å². The fraction of sp³-hybridized carbons (Fsp3) is 0.500. The second-order valence-corrected chi connectivity index (χ2v) is 5.35. The van der Waals surface area contributed by atoms with Gasteiger partial charge in [0.15, 0.2) is 0 Å². The molecule has 0 radical (unpaired) electrons. The third kappa shape index (κ3) is 2.10. The molecule has 1 fully saturated rings. The van der Waals surface area contributed by atoms with Crippen molar-refractivity contribution in [2.75, 3.05) is 0 Å². The lowest BCUT2D eigenvalue weighted by molar-refractivity contribution is 0.0953. The Hall–Kier alpha value is -1.15. The maximum atomic E-state index is 13.2. The number of fused-ring (bicyclic) bond motifs is 2. The van der Waals surface area contributed by atoms with Crippen LogP contribution in [0.4, 0.5) is 4.39 Å². The van der Waals surface area contributed by atoms with Crippen LogP contribution in [0, 0.1) is 5.82 Å². The van der Waals surface area contributed by atoms with Crippen LogP contribution in [0.15, 0.2) is 24.3 Å². The lowest BCUT2D eigenvalue weighted by Crippen LogP contribution is -2.35. The third-order valence-corrected chi connectivity index (χ3v) is 4.30. The number of allylic oxidation sites excluding steroid dienone is 1. The van der Waals surface area contributed by atoms with Crippen molar-refractivity contribution in [3.8, 4) is 0 Å². The summed E-state index contributed by atoms with van der Waals surface area (Å²) in [4.78, 5) is 0. The summed E-state index contributed by atoms with van der Waals surface area (Å²) in [7, 11) is 0. The van der Waals surface area contributed by atoms with Crippen molar-refractivity contribution in [1.82, 2.24) is 0 Å². The Bertz CT molecular complexity index is 456. The molecule has 0 aliphatic heterocycles. The van der Waals surface area contributed by atoms with Gasteiger partial charge >= 0.3 is 0 Å². The van der Waals surface area contributed by atoms with E-state index >= 15 is 0 Å². The van der Waals surface area contributed by atoms with Crippen molar-refractivity contribution in [2.45, 2.75) is 51.0 Å². The summed E-state index contributed by atoms with van der Waals surface area (Å²) in [5.74, 6) is -0.165. The third-order valence-electron chi connectivity index (χ3n) is 4.30. The first-order valence-electron chi connectivity index (χ1n) is 6.34. The van der Waals surface area contributed by atoms with Crippen LogP contribution >= 0.6 is 0 Å². The van der Waals surface area contributed by atoms with Gasteiger partial charge in [-0.3, -0.25) is 0 Å². The van der Waals surface area contributed by atoms with Crippen molar-refractivity contribution in [3.05, 3.63) is 41.2 Å². The Morgan fingerprint density at radius 2 is 1.94 bits per heavy atom. The van der Waals surface area contributed by atoms with Gasteiger partial charge in [0.05, 0.1) is 6.10 Å². The SMILES string of the molecule is C.OC1CCC2(CC=Cc3cc(F)ccc32)CC1. The van der Waals surface area contributed by atoms with E-state index < -0.39 is 0 Å². The highest BCUT2D eigenvalue weighted by Gasteiger charge is 2.38. The molecule has 1 nitrogen and oxygen atoms in total. The number of aliphatic hydroxyl groups excluding tert-OH is 1. The molecular formula is C16H21FO. The average Bonchev–Trinajstić information content (AvgIpc) is 2.33. The Labute approximate surface area is 108 Å². The van der Waals surface area contributed by atoms with Crippen LogP contribution in [0.25, 0.3) is 6.08 Å². The van der Waals surface area contributed by atoms with Crippen LogP contribution in [0.1, 0.15) is 50.7 Å². The number of hydrogen-bond acceptors (Lipinski definition) is 1. The van der Waals surface area contributed by atoms with E-state index in [-0.39, 0.29) is 24.8 Å². The molecule has 0 aromatic heterocycles. The minimum atomic E-state index is -0.165. The maximum absolute atomic E-state index is 13.2. The van der Waals surface area contributed by atoms with Gasteiger partial charge in [-0.1, -0.05) is 25.6 Å². The highest BCUT2D eigenvalue weighted by Crippen LogP contribution is 2.46. The molecule has 18 heavy (non-hydrogen) atoms. The second kappa shape index (κ2) is 4.85. The van der Waals surface area contributed by atoms with Crippen molar-refractivity contribution in [1.29, 1.82) is 0 Å². The number of benzene rings is 1. The highest BCUT2D eigenvalue weighted by atomic mass is 19.1. The summed E-state index contributed by atoms with van der Waals surface area (Å²) in [6.45, 7) is 0. The van der Waals surface area contributed by atoms with E-state index in [0.29, 0.717) is 0 Å². The molecule has 98 valence electrons. The van der Waals surface area contributed by atoms with Gasteiger partial charge in [0, 0.05) is 0 Å². The summed E-state index contributed by atoms with van der Waals surface area (Å²) >= 11 is 0. The summed E-state index contributed by atoms with van der Waals surface area (Å²) in [6.07, 6.45) is 8.81. The summed E-state index contributed by atoms with van der Waals surface area (Å²) in [6, 6.07) is 5.12. The van der Waals surface area contributed by atoms with Gasteiger partial charge in [-0.15, -0.1) is 0 Å². The van der Waals surface area contributed by atoms with E-state index in [1.807, 2.05) is 12.1 Å². The topological polar surface area (TPSA) is 20.2 Å². The minimum absolute atomic E-state index is 0. The molecule has 0 bridgehead atoms. The van der Waals surface area contributed by atoms with Gasteiger partial charge < -0.3 is 5.11 Å². The molecule has 2 heteroatoms. The predicted octanol–water partition coefficient (Wildman–Crippen LogP) is 4.05. The first-order chi connectivity index (χ1) is 8.20. The van der Waals surface area contributed by atoms with E-state index in [4.69, 9.17) is 0 Å². The molecule has 2 aliphatic carbocycles. The van der Waals surface area contributed by atoms with Crippen LogP contribution in [0.2, 0.25) is 0 Å². The van der Waals surface area contributed by atoms with Gasteiger partial charge in [0.25, 0.3) is 0 Å². The highest BCUT2D eigenvalue weighted by molar-refractivity contribution is 5.59. The second-order valence-electron chi connectivity index (χ2n) is 5.35. The lowest BCUT2D eigenvalue weighted by atomic mass is 9.64. The predicted molar refractivity (Wildman–Crippen MR) is 72.9 cm³/mol. The van der Waals surface area contributed by atoms with Crippen molar-refractivity contribution in [2.24, 2.45) is 0 Å². The van der Waals surface area contributed by atoms with Gasteiger partial charge in [-0.05, 0) is 60.8 Å². The summed E-state index contributed by atoms with van der Waals surface area (Å²) < 4.78 is 13.2. The Balaban J connectivity index is 0.00000120. The molecular weight excluding hydrogens is 227 g/mol. The zero-order valence-electron chi connectivity index (χ0n) is 9.82. The molecule has 2 aliphatic rings. The van der Waals surface area contributed by atoms with E-state index in [1.165, 1.54) is 5.56 Å². The van der Waals surface area contributed by atoms with Crippen LogP contribution in [0.3, 0.4) is 0 Å². The lowest BCUT2D eigenvalue weighted by Gasteiger charge is -2.41. The molecule has 1 saturated carbocycles. The molecule has 0 atom stereocenters. The van der Waals surface area contributed by atoms with Crippen LogP contribution in [-0.4, -0.2) is 11.2 Å². The number of hydrogen-bond donors (Lipinski definition) is 1. The van der Waals surface area contributed by atoms with E-state index in [1.54, 1.807) is 12.1 Å². The first-order valence-corrected chi connectivity index (χ1v) is 6.34. The van der Waals surface area contributed by atoms with Gasteiger partial charge in [0.1, 0.15) is 5.82 Å². The number of halogens is 1. The van der Waals surface area contributed by atoms with E-state index in [2.05, 4.69) is 6.08 Å². The monoisotopic (exact) mass is 248 g/mol. The van der Waals surface area contributed by atoms with Gasteiger partial charge in [-0.25, -0.2) is 4.39 Å². The van der Waals surface area contributed by atoms with Crippen LogP contribution in [0.5, 0.6) is 0 Å². The largest absolute Gasteiger partial charge is 0.393 e. The zero-order chi connectivity index (χ0) is 11.9. The molecule has 0 heterocycles. The molecule has 1 aromatic rings. The maximum Gasteiger partial charge on any atom is 0.123 e. The Kier molecular flexibility index (Phi) is 3.58. The number of aliphatic hydroxyl groups is 1.